The fourth-order valence-corrected chi connectivity index (χ4v) is 2.60. The average molecular weight is 306 g/mol. The van der Waals surface area contributed by atoms with Gasteiger partial charge >= 0.3 is 0 Å². The number of rotatable bonds is 10. The van der Waals surface area contributed by atoms with Crippen LogP contribution in [0.15, 0.2) is 35.3 Å². The van der Waals surface area contributed by atoms with Crippen LogP contribution in [0.3, 0.4) is 0 Å². The van der Waals surface area contributed by atoms with Crippen molar-refractivity contribution in [3.05, 3.63) is 35.3 Å². The van der Waals surface area contributed by atoms with E-state index in [-0.39, 0.29) is 17.6 Å². The van der Waals surface area contributed by atoms with Gasteiger partial charge in [0.05, 0.1) is 5.57 Å². The lowest BCUT2D eigenvalue weighted by molar-refractivity contribution is -0.120. The van der Waals surface area contributed by atoms with Gasteiger partial charge < -0.3 is 10.2 Å². The number of ketones is 2. The first kappa shape index (κ1) is 18.2. The Hall–Kier alpha value is -1.84. The second kappa shape index (κ2) is 9.23. The van der Waals surface area contributed by atoms with Crippen LogP contribution >= 0.6 is 0 Å². The monoisotopic (exact) mass is 306 g/mol. The van der Waals surface area contributed by atoms with Gasteiger partial charge in [0.25, 0.3) is 0 Å². The highest BCUT2D eigenvalue weighted by Crippen LogP contribution is 2.27. The van der Waals surface area contributed by atoms with Crippen LogP contribution < -0.4 is 0 Å². The normalized spacial score (nSPS) is 15.7. The maximum atomic E-state index is 12.1. The van der Waals surface area contributed by atoms with Gasteiger partial charge in [0.2, 0.25) is 11.6 Å². The van der Waals surface area contributed by atoms with Gasteiger partial charge in [0, 0.05) is 5.57 Å². The van der Waals surface area contributed by atoms with Gasteiger partial charge in [-0.2, -0.15) is 0 Å². The SMILES string of the molecule is C=CCC1=C(O)C(=O)C(CCCCCCCCC)=C(O)C1=O. The predicted molar refractivity (Wildman–Crippen MR) is 86.7 cm³/mol. The van der Waals surface area contributed by atoms with Crippen LogP contribution in [-0.4, -0.2) is 21.8 Å². The Bertz CT molecular complexity index is 497. The van der Waals surface area contributed by atoms with E-state index < -0.39 is 23.1 Å². The summed E-state index contributed by atoms with van der Waals surface area (Å²) in [5.74, 6) is -2.33. The number of hydrogen-bond donors (Lipinski definition) is 2. The first-order chi connectivity index (χ1) is 10.5. The molecule has 0 heterocycles. The molecule has 0 saturated heterocycles. The van der Waals surface area contributed by atoms with E-state index in [1.807, 2.05) is 0 Å². The quantitative estimate of drug-likeness (QED) is 0.354. The highest BCUT2D eigenvalue weighted by atomic mass is 16.3. The number of carbonyl (C=O) groups is 2. The molecule has 22 heavy (non-hydrogen) atoms. The Morgan fingerprint density at radius 2 is 1.36 bits per heavy atom. The molecule has 4 nitrogen and oxygen atoms in total. The summed E-state index contributed by atoms with van der Waals surface area (Å²) >= 11 is 0. The minimum Gasteiger partial charge on any atom is -0.504 e. The molecule has 0 amide bonds. The number of allylic oxidation sites excluding steroid dienone is 3. The predicted octanol–water partition coefficient (Wildman–Crippen LogP) is 4.48. The number of aliphatic hydroxyl groups is 2. The number of Topliss-reactive ketones (excluding diaryl/α,β-unsaturated/α-hetero) is 2. The van der Waals surface area contributed by atoms with E-state index in [2.05, 4.69) is 13.5 Å². The molecule has 0 aliphatic heterocycles. The van der Waals surface area contributed by atoms with E-state index in [1.54, 1.807) is 0 Å². The third-order valence-electron chi connectivity index (χ3n) is 3.93. The summed E-state index contributed by atoms with van der Waals surface area (Å²) in [5.41, 5.74) is -0.0234. The zero-order chi connectivity index (χ0) is 16.5. The van der Waals surface area contributed by atoms with E-state index in [9.17, 15) is 19.8 Å². The smallest absolute Gasteiger partial charge is 0.227 e. The van der Waals surface area contributed by atoms with Crippen LogP contribution in [0, 0.1) is 0 Å². The number of hydrogen-bond acceptors (Lipinski definition) is 4. The van der Waals surface area contributed by atoms with Gasteiger partial charge in [-0.15, -0.1) is 6.58 Å². The molecule has 122 valence electrons. The summed E-state index contributed by atoms with van der Waals surface area (Å²) in [4.78, 5) is 24.0. The Kier molecular flexibility index (Phi) is 7.64. The second-order valence-corrected chi connectivity index (χ2v) is 5.68. The maximum absolute atomic E-state index is 12.1. The molecule has 1 aliphatic carbocycles. The molecular formula is C18H26O4. The minimum absolute atomic E-state index is 0.0453. The summed E-state index contributed by atoms with van der Waals surface area (Å²) in [6.45, 7) is 5.65. The van der Waals surface area contributed by atoms with Crippen molar-refractivity contribution < 1.29 is 19.8 Å². The molecule has 0 saturated carbocycles. The van der Waals surface area contributed by atoms with Crippen molar-refractivity contribution in [2.24, 2.45) is 0 Å². The lowest BCUT2D eigenvalue weighted by atomic mass is 9.89. The van der Waals surface area contributed by atoms with Crippen molar-refractivity contribution >= 4 is 11.6 Å². The van der Waals surface area contributed by atoms with Crippen molar-refractivity contribution in [3.8, 4) is 0 Å². The van der Waals surface area contributed by atoms with Gasteiger partial charge in [-0.3, -0.25) is 9.59 Å². The van der Waals surface area contributed by atoms with Crippen LogP contribution in [0.25, 0.3) is 0 Å². The molecular weight excluding hydrogens is 280 g/mol. The molecule has 0 fully saturated rings. The van der Waals surface area contributed by atoms with Crippen LogP contribution in [0.4, 0.5) is 0 Å². The molecule has 2 N–H and O–H groups in total. The third-order valence-corrected chi connectivity index (χ3v) is 3.93. The molecule has 0 radical (unpaired) electrons. The number of unbranched alkanes of at least 4 members (excludes halogenated alkanes) is 6. The van der Waals surface area contributed by atoms with E-state index in [0.717, 1.165) is 19.3 Å². The zero-order valence-corrected chi connectivity index (χ0v) is 13.4. The van der Waals surface area contributed by atoms with Crippen molar-refractivity contribution in [1.82, 2.24) is 0 Å². The molecule has 0 aromatic rings. The molecule has 0 bridgehead atoms. The fraction of sp³-hybridized carbons (Fsp3) is 0.556. The molecule has 0 unspecified atom stereocenters. The molecule has 0 atom stereocenters. The third kappa shape index (κ3) is 4.58. The van der Waals surface area contributed by atoms with E-state index in [0.29, 0.717) is 6.42 Å². The Labute approximate surface area is 132 Å². The van der Waals surface area contributed by atoms with Crippen molar-refractivity contribution in [3.63, 3.8) is 0 Å². The fourth-order valence-electron chi connectivity index (χ4n) is 2.60. The van der Waals surface area contributed by atoms with Crippen molar-refractivity contribution in [1.29, 1.82) is 0 Å². The topological polar surface area (TPSA) is 74.6 Å². The van der Waals surface area contributed by atoms with Crippen LogP contribution in [0.2, 0.25) is 0 Å². The van der Waals surface area contributed by atoms with Crippen molar-refractivity contribution in [2.75, 3.05) is 0 Å². The summed E-state index contributed by atoms with van der Waals surface area (Å²) in [7, 11) is 0. The van der Waals surface area contributed by atoms with Gasteiger partial charge in [-0.05, 0) is 19.3 Å². The Morgan fingerprint density at radius 1 is 0.864 bits per heavy atom. The summed E-state index contributed by atoms with van der Waals surface area (Å²) in [5, 5.41) is 19.8. The number of carbonyl (C=O) groups excluding carboxylic acids is 2. The van der Waals surface area contributed by atoms with Gasteiger partial charge in [-0.1, -0.05) is 51.5 Å². The van der Waals surface area contributed by atoms with Crippen LogP contribution in [0.1, 0.15) is 64.7 Å². The minimum atomic E-state index is -0.657. The first-order valence-electron chi connectivity index (χ1n) is 8.09. The van der Waals surface area contributed by atoms with Gasteiger partial charge in [0.1, 0.15) is 0 Å². The largest absolute Gasteiger partial charge is 0.504 e. The first-order valence-corrected chi connectivity index (χ1v) is 8.09. The van der Waals surface area contributed by atoms with Gasteiger partial charge in [-0.25, -0.2) is 0 Å². The molecule has 0 aromatic heterocycles. The maximum Gasteiger partial charge on any atom is 0.227 e. The summed E-state index contributed by atoms with van der Waals surface area (Å²) in [6, 6.07) is 0. The summed E-state index contributed by atoms with van der Waals surface area (Å²) in [6.07, 6.45) is 9.42. The van der Waals surface area contributed by atoms with E-state index >= 15 is 0 Å². The highest BCUT2D eigenvalue weighted by Gasteiger charge is 2.33. The molecule has 4 heteroatoms. The molecule has 0 aromatic carbocycles. The number of aliphatic hydroxyl groups excluding tert-OH is 2. The van der Waals surface area contributed by atoms with Crippen LogP contribution in [0.5, 0.6) is 0 Å². The lowest BCUT2D eigenvalue weighted by Gasteiger charge is -2.17. The van der Waals surface area contributed by atoms with Crippen LogP contribution in [-0.2, 0) is 9.59 Å². The molecule has 1 aliphatic rings. The zero-order valence-electron chi connectivity index (χ0n) is 13.4. The molecule has 0 spiro atoms. The summed E-state index contributed by atoms with van der Waals surface area (Å²) < 4.78 is 0. The standard InChI is InChI=1S/C18H26O4/c1-3-5-6-7-8-9-10-12-14-17(21)15(19)13(11-4-2)16(20)18(14)22/h4,19,22H,2-3,5-12H2,1H3. The highest BCUT2D eigenvalue weighted by molar-refractivity contribution is 6.23. The van der Waals surface area contributed by atoms with Crippen molar-refractivity contribution in [2.45, 2.75) is 64.7 Å². The lowest BCUT2D eigenvalue weighted by Crippen LogP contribution is -2.24. The van der Waals surface area contributed by atoms with Gasteiger partial charge in [0.15, 0.2) is 11.5 Å². The van der Waals surface area contributed by atoms with E-state index in [1.165, 1.54) is 31.8 Å². The molecule has 1 rings (SSSR count). The average Bonchev–Trinajstić information content (AvgIpc) is 2.51. The Morgan fingerprint density at radius 3 is 1.95 bits per heavy atom. The van der Waals surface area contributed by atoms with E-state index in [4.69, 9.17) is 0 Å². The Balaban J connectivity index is 2.55. The second-order valence-electron chi connectivity index (χ2n) is 5.68.